The van der Waals surface area contributed by atoms with Gasteiger partial charge in [0, 0.05) is 23.2 Å². The summed E-state index contributed by atoms with van der Waals surface area (Å²) < 4.78 is 0. The molecule has 0 spiro atoms. The Bertz CT molecular complexity index is 356. The van der Waals surface area contributed by atoms with Gasteiger partial charge in [0.25, 0.3) is 0 Å². The van der Waals surface area contributed by atoms with Gasteiger partial charge in [0.2, 0.25) is 0 Å². The van der Waals surface area contributed by atoms with E-state index in [1.807, 2.05) is 13.8 Å². The van der Waals surface area contributed by atoms with Crippen LogP contribution in [0.2, 0.25) is 0 Å². The standard InChI is InChI=1S/C13H23N3S/c1-6-8(2)12(14)7-17-13-15-10(4)9(3)11(5)16-13/h8,12H,6-7,14H2,1-5H3. The Morgan fingerprint density at radius 1 is 1.18 bits per heavy atom. The molecular formula is C13H23N3S. The number of aromatic nitrogens is 2. The molecule has 96 valence electrons. The molecule has 0 aliphatic heterocycles. The molecule has 2 atom stereocenters. The number of rotatable bonds is 5. The first-order valence-corrected chi connectivity index (χ1v) is 7.14. The Morgan fingerprint density at radius 2 is 1.71 bits per heavy atom. The third-order valence-electron chi connectivity index (χ3n) is 3.39. The van der Waals surface area contributed by atoms with Crippen molar-refractivity contribution in [3.05, 3.63) is 17.0 Å². The third-order valence-corrected chi connectivity index (χ3v) is 4.38. The molecule has 0 fully saturated rings. The molecule has 1 aromatic heterocycles. The minimum Gasteiger partial charge on any atom is -0.327 e. The third kappa shape index (κ3) is 3.96. The predicted molar refractivity (Wildman–Crippen MR) is 74.4 cm³/mol. The zero-order chi connectivity index (χ0) is 13.0. The van der Waals surface area contributed by atoms with E-state index in [1.165, 1.54) is 5.56 Å². The Kier molecular flexibility index (Phi) is 5.40. The van der Waals surface area contributed by atoms with Crippen LogP contribution in [-0.4, -0.2) is 21.8 Å². The summed E-state index contributed by atoms with van der Waals surface area (Å²) in [4.78, 5) is 8.97. The van der Waals surface area contributed by atoms with Crippen molar-refractivity contribution in [1.82, 2.24) is 9.97 Å². The first-order valence-electron chi connectivity index (χ1n) is 6.15. The second-order valence-corrected chi connectivity index (χ2v) is 5.65. The molecule has 1 aromatic rings. The summed E-state index contributed by atoms with van der Waals surface area (Å²) in [6.07, 6.45) is 1.12. The SMILES string of the molecule is CCC(C)C(N)CSc1nc(C)c(C)c(C)n1. The van der Waals surface area contributed by atoms with Crippen molar-refractivity contribution in [3.8, 4) is 0 Å². The Labute approximate surface area is 109 Å². The lowest BCUT2D eigenvalue weighted by Gasteiger charge is -2.17. The van der Waals surface area contributed by atoms with Crippen LogP contribution >= 0.6 is 11.8 Å². The molecule has 0 saturated heterocycles. The Morgan fingerprint density at radius 3 is 2.18 bits per heavy atom. The maximum absolute atomic E-state index is 6.11. The molecule has 1 rings (SSSR count). The molecule has 2 N–H and O–H groups in total. The number of nitrogens with zero attached hydrogens (tertiary/aromatic N) is 2. The zero-order valence-corrected chi connectivity index (χ0v) is 12.3. The number of aryl methyl sites for hydroxylation is 2. The van der Waals surface area contributed by atoms with Crippen molar-refractivity contribution in [3.63, 3.8) is 0 Å². The summed E-state index contributed by atoms with van der Waals surface area (Å²) in [6.45, 7) is 10.5. The Hall–Kier alpha value is -0.610. The van der Waals surface area contributed by atoms with E-state index in [9.17, 15) is 0 Å². The smallest absolute Gasteiger partial charge is 0.188 e. The van der Waals surface area contributed by atoms with E-state index in [-0.39, 0.29) is 6.04 Å². The van der Waals surface area contributed by atoms with Crippen LogP contribution in [0, 0.1) is 26.7 Å². The van der Waals surface area contributed by atoms with Crippen molar-refractivity contribution in [2.45, 2.75) is 52.2 Å². The van der Waals surface area contributed by atoms with Crippen LogP contribution < -0.4 is 5.73 Å². The Balaban J connectivity index is 2.64. The lowest BCUT2D eigenvalue weighted by Crippen LogP contribution is -2.30. The molecule has 1 heterocycles. The van der Waals surface area contributed by atoms with Crippen LogP contribution in [0.25, 0.3) is 0 Å². The van der Waals surface area contributed by atoms with Gasteiger partial charge in [0.1, 0.15) is 0 Å². The van der Waals surface area contributed by atoms with Crippen LogP contribution in [-0.2, 0) is 0 Å². The second kappa shape index (κ2) is 6.36. The highest BCUT2D eigenvalue weighted by molar-refractivity contribution is 7.99. The van der Waals surface area contributed by atoms with Gasteiger partial charge in [-0.25, -0.2) is 9.97 Å². The molecule has 0 radical (unpaired) electrons. The lowest BCUT2D eigenvalue weighted by atomic mass is 10.0. The summed E-state index contributed by atoms with van der Waals surface area (Å²) in [5.41, 5.74) is 9.42. The second-order valence-electron chi connectivity index (χ2n) is 4.66. The first-order chi connectivity index (χ1) is 7.95. The average molecular weight is 253 g/mol. The molecule has 0 aliphatic rings. The first kappa shape index (κ1) is 14.5. The van der Waals surface area contributed by atoms with Gasteiger partial charge >= 0.3 is 0 Å². The number of hydrogen-bond acceptors (Lipinski definition) is 4. The van der Waals surface area contributed by atoms with Gasteiger partial charge in [-0.15, -0.1) is 0 Å². The molecule has 17 heavy (non-hydrogen) atoms. The number of thioether (sulfide) groups is 1. The highest BCUT2D eigenvalue weighted by Crippen LogP contribution is 2.19. The van der Waals surface area contributed by atoms with Gasteiger partial charge < -0.3 is 5.73 Å². The van der Waals surface area contributed by atoms with Crippen molar-refractivity contribution in [1.29, 1.82) is 0 Å². The maximum Gasteiger partial charge on any atom is 0.188 e. The molecule has 2 unspecified atom stereocenters. The van der Waals surface area contributed by atoms with Crippen LogP contribution in [0.5, 0.6) is 0 Å². The van der Waals surface area contributed by atoms with Crippen molar-refractivity contribution in [2.24, 2.45) is 11.7 Å². The van der Waals surface area contributed by atoms with Crippen molar-refractivity contribution in [2.75, 3.05) is 5.75 Å². The molecule has 3 nitrogen and oxygen atoms in total. The van der Waals surface area contributed by atoms with E-state index in [1.54, 1.807) is 11.8 Å². The fraction of sp³-hybridized carbons (Fsp3) is 0.692. The molecule has 0 saturated carbocycles. The van der Waals surface area contributed by atoms with Crippen molar-refractivity contribution < 1.29 is 0 Å². The van der Waals surface area contributed by atoms with E-state index in [0.29, 0.717) is 5.92 Å². The van der Waals surface area contributed by atoms with E-state index in [4.69, 9.17) is 5.73 Å². The quantitative estimate of drug-likeness (QED) is 0.647. The molecule has 0 aliphatic carbocycles. The molecular weight excluding hydrogens is 230 g/mol. The fourth-order valence-corrected chi connectivity index (χ4v) is 2.52. The summed E-state index contributed by atoms with van der Waals surface area (Å²) in [5, 5.41) is 0.851. The summed E-state index contributed by atoms with van der Waals surface area (Å²) in [6, 6.07) is 0.218. The van der Waals surface area contributed by atoms with E-state index in [0.717, 1.165) is 28.7 Å². The normalized spacial score (nSPS) is 14.7. The highest BCUT2D eigenvalue weighted by Gasteiger charge is 2.12. The van der Waals surface area contributed by atoms with Gasteiger partial charge in [0.05, 0.1) is 0 Å². The number of hydrogen-bond donors (Lipinski definition) is 1. The lowest BCUT2D eigenvalue weighted by molar-refractivity contribution is 0.475. The maximum atomic E-state index is 6.11. The van der Waals surface area contributed by atoms with Crippen molar-refractivity contribution >= 4 is 11.8 Å². The van der Waals surface area contributed by atoms with Crippen LogP contribution in [0.4, 0.5) is 0 Å². The van der Waals surface area contributed by atoms with Crippen LogP contribution in [0.3, 0.4) is 0 Å². The van der Waals surface area contributed by atoms with Gasteiger partial charge in [-0.2, -0.15) is 0 Å². The van der Waals surface area contributed by atoms with Crippen LogP contribution in [0.1, 0.15) is 37.2 Å². The average Bonchev–Trinajstić information content (AvgIpc) is 2.31. The number of nitrogens with two attached hydrogens (primary N) is 1. The minimum absolute atomic E-state index is 0.218. The molecule has 4 heteroatoms. The van der Waals surface area contributed by atoms with E-state index >= 15 is 0 Å². The fourth-order valence-electron chi connectivity index (χ4n) is 1.44. The molecule has 0 aromatic carbocycles. The van der Waals surface area contributed by atoms with Gasteiger partial charge in [-0.05, 0) is 32.3 Å². The molecule has 0 amide bonds. The topological polar surface area (TPSA) is 51.8 Å². The summed E-state index contributed by atoms with van der Waals surface area (Å²) in [5.74, 6) is 1.44. The zero-order valence-electron chi connectivity index (χ0n) is 11.4. The van der Waals surface area contributed by atoms with Gasteiger partial charge in [0.15, 0.2) is 5.16 Å². The highest BCUT2D eigenvalue weighted by atomic mass is 32.2. The largest absolute Gasteiger partial charge is 0.327 e. The predicted octanol–water partition coefficient (Wildman–Crippen LogP) is 2.87. The van der Waals surface area contributed by atoms with Crippen LogP contribution in [0.15, 0.2) is 5.16 Å². The van der Waals surface area contributed by atoms with E-state index < -0.39 is 0 Å². The van der Waals surface area contributed by atoms with E-state index in [2.05, 4.69) is 30.7 Å². The van der Waals surface area contributed by atoms with Gasteiger partial charge in [-0.1, -0.05) is 32.0 Å². The molecule has 0 bridgehead atoms. The summed E-state index contributed by atoms with van der Waals surface area (Å²) in [7, 11) is 0. The minimum atomic E-state index is 0.218. The monoisotopic (exact) mass is 253 g/mol. The summed E-state index contributed by atoms with van der Waals surface area (Å²) >= 11 is 1.66. The van der Waals surface area contributed by atoms with Gasteiger partial charge in [-0.3, -0.25) is 0 Å².